The number of aliphatic hydroxyl groups is 12. The molecule has 3 fully saturated rings. The van der Waals surface area contributed by atoms with E-state index in [9.17, 15) is 61.3 Å². The first-order valence-corrected chi connectivity index (χ1v) is 16.0. The van der Waals surface area contributed by atoms with E-state index in [1.54, 1.807) is 4.90 Å². The van der Waals surface area contributed by atoms with Crippen molar-refractivity contribution < 1.29 is 75.5 Å². The van der Waals surface area contributed by atoms with Crippen LogP contribution in [0.15, 0.2) is 30.6 Å². The van der Waals surface area contributed by atoms with E-state index in [1.165, 1.54) is 18.6 Å². The Labute approximate surface area is 292 Å². The predicted molar refractivity (Wildman–Crippen MR) is 160 cm³/mol. The molecule has 0 aliphatic carbocycles. The largest absolute Gasteiger partial charge is 0.512 e. The lowest BCUT2D eigenvalue weighted by atomic mass is 9.98. The highest BCUT2D eigenvalue weighted by atomic mass is 16.6. The van der Waals surface area contributed by atoms with Crippen molar-refractivity contribution in [3.8, 4) is 0 Å². The highest BCUT2D eigenvalue weighted by Crippen LogP contribution is 2.31. The van der Waals surface area contributed by atoms with E-state index in [2.05, 4.69) is 30.9 Å². The van der Waals surface area contributed by atoms with Crippen LogP contribution in [0.1, 0.15) is 35.8 Å². The smallest absolute Gasteiger partial charge is 0.221 e. The van der Waals surface area contributed by atoms with Crippen LogP contribution in [-0.2, 0) is 33.8 Å². The fraction of sp³-hybridized carbons (Fsp3) is 0.704. The van der Waals surface area contributed by atoms with E-state index in [0.717, 1.165) is 14.0 Å². The second-order valence-electron chi connectivity index (χ2n) is 12.6. The number of ether oxygens (including phenoxy) is 3. The molecule has 3 aliphatic rings. The van der Waals surface area contributed by atoms with Crippen LogP contribution in [0.5, 0.6) is 0 Å². The van der Waals surface area contributed by atoms with Crippen LogP contribution in [-0.4, -0.2) is 192 Å². The van der Waals surface area contributed by atoms with Crippen molar-refractivity contribution in [3.05, 3.63) is 47.7 Å². The molecule has 3 aliphatic heterocycles. The summed E-state index contributed by atoms with van der Waals surface area (Å²) in [6, 6.07) is 0. The number of hydrogen-bond donors (Lipinski definition) is 12. The van der Waals surface area contributed by atoms with Gasteiger partial charge in [-0.3, -0.25) is 4.90 Å². The van der Waals surface area contributed by atoms with Gasteiger partial charge in [-0.05, 0) is 0 Å². The summed E-state index contributed by atoms with van der Waals surface area (Å²) in [4.78, 5) is 1.70. The van der Waals surface area contributed by atoms with Crippen molar-refractivity contribution in [1.29, 1.82) is 0 Å². The number of aliphatic hydroxyl groups excluding tert-OH is 12. The second kappa shape index (κ2) is 15.7. The summed E-state index contributed by atoms with van der Waals surface area (Å²) in [5.74, 6) is -0.411. The molecular weight excluding hydrogens is 704 g/mol. The molecule has 3 aromatic heterocycles. The van der Waals surface area contributed by atoms with Gasteiger partial charge in [0.1, 0.15) is 73.4 Å². The van der Waals surface area contributed by atoms with E-state index in [0.29, 0.717) is 6.26 Å². The van der Waals surface area contributed by atoms with Crippen LogP contribution in [0.25, 0.3) is 0 Å². The topological polar surface area (TPSA) is 366 Å². The molecule has 6 heterocycles. The Morgan fingerprint density at radius 1 is 0.558 bits per heavy atom. The SMILES string of the molecule is O/C=C1\O[C@@H](n2cc(CN(Cc3cn([C@@H]4O[C@H](CO)[C@@H](O)[C@H](O)[C@H]4O)nn3)Cc3cn([C@@H]4O[C@H](CO)[C@@H](O)[C@H](O)[C@H]4O)nn3)nn2)[C@H](O)[C@@H](O)[C@@H]1O. The van der Waals surface area contributed by atoms with Crippen LogP contribution in [0.2, 0.25) is 0 Å². The first-order valence-electron chi connectivity index (χ1n) is 16.0. The highest BCUT2D eigenvalue weighted by molar-refractivity contribution is 5.07. The zero-order valence-corrected chi connectivity index (χ0v) is 27.0. The van der Waals surface area contributed by atoms with Crippen LogP contribution in [0.4, 0.5) is 0 Å². The van der Waals surface area contributed by atoms with E-state index in [-0.39, 0.29) is 36.7 Å². The quantitative estimate of drug-likeness (QED) is 0.0811. The maximum Gasteiger partial charge on any atom is 0.221 e. The zero-order valence-electron chi connectivity index (χ0n) is 27.0. The van der Waals surface area contributed by atoms with Crippen molar-refractivity contribution in [2.24, 2.45) is 0 Å². The standard InChI is InChI=1S/C27H40N10O15/c38-7-13-16(41)19(44)22(47)25(50-13)35-4-10(28-31-35)1-34(2-11-5-36(32-29-11)26-23(48)20(45)17(42)14(8-39)51-26)3-12-6-37(33-30-12)27-24(49)21(46)18(43)15(9-40)52-27/h4-7,14-27,38-49H,1-3,8-9H2/b13-7-/t14-,15-,16-,17-,18-,19+,20+,21+,22-,23-,24-,25-,26-,27-/m1/s1. The predicted octanol–water partition coefficient (Wildman–Crippen LogP) is -7.38. The number of rotatable bonds is 11. The van der Waals surface area contributed by atoms with Crippen molar-refractivity contribution in [2.75, 3.05) is 13.2 Å². The highest BCUT2D eigenvalue weighted by Gasteiger charge is 2.46. The second-order valence-corrected chi connectivity index (χ2v) is 12.6. The minimum absolute atomic E-state index is 0.0119. The Kier molecular flexibility index (Phi) is 11.4. The van der Waals surface area contributed by atoms with Crippen molar-refractivity contribution in [2.45, 2.75) is 105 Å². The number of hydrogen-bond acceptors (Lipinski definition) is 22. The normalized spacial score (nSPS) is 37.8. The van der Waals surface area contributed by atoms with Crippen molar-refractivity contribution in [3.63, 3.8) is 0 Å². The molecule has 6 rings (SSSR count). The van der Waals surface area contributed by atoms with Crippen LogP contribution >= 0.6 is 0 Å². The number of aromatic nitrogens is 9. The van der Waals surface area contributed by atoms with E-state index in [4.69, 9.17) is 14.2 Å². The summed E-state index contributed by atoms with van der Waals surface area (Å²) < 4.78 is 19.8. The zero-order chi connectivity index (χ0) is 37.4. The Bertz CT molecular complexity index is 1580. The first kappa shape index (κ1) is 37.9. The van der Waals surface area contributed by atoms with Gasteiger partial charge in [-0.1, -0.05) is 15.6 Å². The Morgan fingerprint density at radius 3 is 1.33 bits per heavy atom. The molecule has 0 unspecified atom stereocenters. The molecule has 0 amide bonds. The lowest BCUT2D eigenvalue weighted by Gasteiger charge is -2.39. The van der Waals surface area contributed by atoms with Gasteiger partial charge >= 0.3 is 0 Å². The van der Waals surface area contributed by atoms with Crippen molar-refractivity contribution in [1.82, 2.24) is 49.9 Å². The van der Waals surface area contributed by atoms with Gasteiger partial charge in [-0.25, -0.2) is 14.0 Å². The average molecular weight is 745 g/mol. The molecule has 25 nitrogen and oxygen atoms in total. The molecule has 0 bridgehead atoms. The Hall–Kier alpha value is -3.80. The van der Waals surface area contributed by atoms with Gasteiger partial charge in [0, 0.05) is 19.6 Å². The number of nitrogens with zero attached hydrogens (tertiary/aromatic N) is 10. The average Bonchev–Trinajstić information content (AvgIpc) is 3.91. The monoisotopic (exact) mass is 744 g/mol. The fourth-order valence-electron chi connectivity index (χ4n) is 6.11. The van der Waals surface area contributed by atoms with Crippen LogP contribution < -0.4 is 0 Å². The maximum absolute atomic E-state index is 10.5. The molecule has 0 saturated carbocycles. The third-order valence-corrected chi connectivity index (χ3v) is 8.99. The van der Waals surface area contributed by atoms with Gasteiger partial charge in [0.15, 0.2) is 18.2 Å². The van der Waals surface area contributed by atoms with E-state index in [1.807, 2.05) is 0 Å². The Morgan fingerprint density at radius 2 is 0.942 bits per heavy atom. The maximum atomic E-state index is 10.5. The van der Waals surface area contributed by atoms with E-state index >= 15 is 0 Å². The molecule has 3 saturated heterocycles. The minimum Gasteiger partial charge on any atom is -0.512 e. The molecule has 14 atom stereocenters. The summed E-state index contributed by atoms with van der Waals surface area (Å²) in [7, 11) is 0. The fourth-order valence-corrected chi connectivity index (χ4v) is 6.11. The molecule has 25 heteroatoms. The van der Waals surface area contributed by atoms with Gasteiger partial charge in [0.05, 0.1) is 48.9 Å². The van der Waals surface area contributed by atoms with Gasteiger partial charge in [-0.2, -0.15) is 0 Å². The lowest BCUT2D eigenvalue weighted by molar-refractivity contribution is -0.254. The molecular formula is C27H40N10O15. The summed E-state index contributed by atoms with van der Waals surface area (Å²) in [5.41, 5.74) is 0.840. The lowest BCUT2D eigenvalue weighted by Crippen LogP contribution is -2.56. The van der Waals surface area contributed by atoms with Gasteiger partial charge < -0.3 is 75.5 Å². The van der Waals surface area contributed by atoms with Crippen LogP contribution in [0.3, 0.4) is 0 Å². The molecule has 3 aromatic rings. The Balaban J connectivity index is 1.23. The van der Waals surface area contributed by atoms with Gasteiger partial charge in [-0.15, -0.1) is 15.3 Å². The van der Waals surface area contributed by atoms with Crippen LogP contribution in [0, 0.1) is 0 Å². The molecule has 52 heavy (non-hydrogen) atoms. The van der Waals surface area contributed by atoms with E-state index < -0.39 is 105 Å². The van der Waals surface area contributed by atoms with Crippen molar-refractivity contribution >= 4 is 0 Å². The molecule has 12 N–H and O–H groups in total. The third kappa shape index (κ3) is 7.37. The molecule has 288 valence electrons. The van der Waals surface area contributed by atoms with Gasteiger partial charge in [0.2, 0.25) is 6.23 Å². The summed E-state index contributed by atoms with van der Waals surface area (Å²) in [6.45, 7) is -1.34. The molecule has 0 aromatic carbocycles. The first-order chi connectivity index (χ1) is 24.8. The summed E-state index contributed by atoms with van der Waals surface area (Å²) in [6.07, 6.45) is -16.6. The third-order valence-electron chi connectivity index (χ3n) is 8.99. The summed E-state index contributed by atoms with van der Waals surface area (Å²) in [5, 5.41) is 145. The van der Waals surface area contributed by atoms with Gasteiger partial charge in [0.25, 0.3) is 0 Å². The summed E-state index contributed by atoms with van der Waals surface area (Å²) >= 11 is 0. The molecule has 0 spiro atoms. The molecule has 0 radical (unpaired) electrons. The minimum atomic E-state index is -1.72.